The molecule has 1 aliphatic rings. The molecule has 0 aromatic heterocycles. The number of hydrogen-bond acceptors (Lipinski definition) is 3. The van der Waals surface area contributed by atoms with E-state index in [9.17, 15) is 22.8 Å². The molecule has 0 radical (unpaired) electrons. The van der Waals surface area contributed by atoms with Gasteiger partial charge < -0.3 is 15.0 Å². The lowest BCUT2D eigenvalue weighted by atomic mass is 9.96. The van der Waals surface area contributed by atoms with Crippen molar-refractivity contribution in [1.82, 2.24) is 10.2 Å². The molecule has 1 saturated heterocycles. The molecule has 24 heavy (non-hydrogen) atoms. The molecule has 1 aliphatic heterocycles. The zero-order valence-electron chi connectivity index (χ0n) is 13.2. The number of hydrogen-bond donors (Lipinski definition) is 1. The molecule has 132 valence electrons. The summed E-state index contributed by atoms with van der Waals surface area (Å²) in [7, 11) is 1.53. The standard InChI is InChI=1S/C16H19F3N2O3/c1-24-13-4-2-12(3-5-13)14(22)20-10-11-6-8-21(9-7-11)15(23)16(17,18)19/h2-5,11H,6-10H2,1H3,(H,20,22). The molecule has 1 aromatic carbocycles. The molecular formula is C16H19F3N2O3. The van der Waals surface area contributed by atoms with Crippen molar-refractivity contribution in [3.63, 3.8) is 0 Å². The highest BCUT2D eigenvalue weighted by Gasteiger charge is 2.43. The van der Waals surface area contributed by atoms with Crippen LogP contribution in [0.2, 0.25) is 0 Å². The minimum atomic E-state index is -4.82. The van der Waals surface area contributed by atoms with Crippen molar-refractivity contribution in [2.75, 3.05) is 26.7 Å². The number of halogens is 3. The van der Waals surface area contributed by atoms with E-state index in [1.54, 1.807) is 24.3 Å². The molecule has 1 N–H and O–H groups in total. The molecule has 0 aliphatic carbocycles. The average Bonchev–Trinajstić information content (AvgIpc) is 2.58. The molecule has 2 rings (SSSR count). The number of methoxy groups -OCH3 is 1. The summed E-state index contributed by atoms with van der Waals surface area (Å²) >= 11 is 0. The van der Waals surface area contributed by atoms with Crippen molar-refractivity contribution in [1.29, 1.82) is 0 Å². The van der Waals surface area contributed by atoms with Crippen LogP contribution in [0.15, 0.2) is 24.3 Å². The SMILES string of the molecule is COc1ccc(C(=O)NCC2CCN(C(=O)C(F)(F)F)CC2)cc1. The number of rotatable bonds is 4. The predicted octanol–water partition coefficient (Wildman–Crippen LogP) is 2.23. The summed E-state index contributed by atoms with van der Waals surface area (Å²) in [6, 6.07) is 6.63. The van der Waals surface area contributed by atoms with E-state index in [4.69, 9.17) is 4.74 Å². The van der Waals surface area contributed by atoms with Crippen LogP contribution in [-0.4, -0.2) is 49.6 Å². The van der Waals surface area contributed by atoms with Gasteiger partial charge in [0.2, 0.25) is 0 Å². The number of carbonyl (C=O) groups is 2. The molecule has 0 unspecified atom stereocenters. The number of piperidine rings is 1. The van der Waals surface area contributed by atoms with Crippen molar-refractivity contribution in [2.24, 2.45) is 5.92 Å². The van der Waals surface area contributed by atoms with Crippen molar-refractivity contribution < 1.29 is 27.5 Å². The summed E-state index contributed by atoms with van der Waals surface area (Å²) in [4.78, 5) is 24.0. The molecule has 2 amide bonds. The van der Waals surface area contributed by atoms with Crippen LogP contribution < -0.4 is 10.1 Å². The first kappa shape index (κ1) is 18.1. The van der Waals surface area contributed by atoms with E-state index >= 15 is 0 Å². The van der Waals surface area contributed by atoms with Crippen LogP contribution in [0.1, 0.15) is 23.2 Å². The van der Waals surface area contributed by atoms with Crippen molar-refractivity contribution in [3.8, 4) is 5.75 Å². The third kappa shape index (κ3) is 4.62. The number of nitrogens with one attached hydrogen (secondary N) is 1. The first-order valence-electron chi connectivity index (χ1n) is 7.59. The summed E-state index contributed by atoms with van der Waals surface area (Å²) in [5.41, 5.74) is 0.487. The van der Waals surface area contributed by atoms with Gasteiger partial charge in [0.25, 0.3) is 5.91 Å². The second-order valence-corrected chi connectivity index (χ2v) is 5.67. The van der Waals surface area contributed by atoms with Gasteiger partial charge in [0.05, 0.1) is 7.11 Å². The zero-order valence-corrected chi connectivity index (χ0v) is 13.2. The highest BCUT2D eigenvalue weighted by atomic mass is 19.4. The van der Waals surface area contributed by atoms with Crippen LogP contribution in [0.25, 0.3) is 0 Å². The van der Waals surface area contributed by atoms with Gasteiger partial charge in [-0.05, 0) is 43.0 Å². The van der Waals surface area contributed by atoms with Crippen LogP contribution in [0.4, 0.5) is 13.2 Å². The minimum Gasteiger partial charge on any atom is -0.497 e. The van der Waals surface area contributed by atoms with Gasteiger partial charge in [-0.3, -0.25) is 9.59 Å². The fourth-order valence-corrected chi connectivity index (χ4v) is 2.60. The molecule has 1 fully saturated rings. The van der Waals surface area contributed by atoms with Crippen molar-refractivity contribution >= 4 is 11.8 Å². The Labute approximate surface area is 137 Å². The fourth-order valence-electron chi connectivity index (χ4n) is 2.60. The molecule has 0 saturated carbocycles. The third-order valence-corrected chi connectivity index (χ3v) is 4.05. The fraction of sp³-hybridized carbons (Fsp3) is 0.500. The molecule has 1 aromatic rings. The van der Waals surface area contributed by atoms with E-state index in [0.717, 1.165) is 4.90 Å². The number of likely N-dealkylation sites (tertiary alicyclic amines) is 1. The topological polar surface area (TPSA) is 58.6 Å². The van der Waals surface area contributed by atoms with Crippen LogP contribution in [-0.2, 0) is 4.79 Å². The van der Waals surface area contributed by atoms with Gasteiger partial charge in [-0.15, -0.1) is 0 Å². The lowest BCUT2D eigenvalue weighted by Crippen LogP contribution is -2.46. The summed E-state index contributed by atoms with van der Waals surface area (Å²) in [5, 5.41) is 2.78. The molecule has 0 atom stereocenters. The lowest BCUT2D eigenvalue weighted by molar-refractivity contribution is -0.186. The Morgan fingerprint density at radius 3 is 2.29 bits per heavy atom. The van der Waals surface area contributed by atoms with Crippen molar-refractivity contribution in [2.45, 2.75) is 19.0 Å². The van der Waals surface area contributed by atoms with E-state index in [1.807, 2.05) is 0 Å². The number of ether oxygens (including phenoxy) is 1. The van der Waals surface area contributed by atoms with Crippen LogP contribution >= 0.6 is 0 Å². The Morgan fingerprint density at radius 2 is 1.79 bits per heavy atom. The molecule has 0 bridgehead atoms. The number of amides is 2. The molecular weight excluding hydrogens is 325 g/mol. The molecule has 5 nitrogen and oxygen atoms in total. The summed E-state index contributed by atoms with van der Waals surface area (Å²) in [6.07, 6.45) is -3.95. The molecule has 8 heteroatoms. The smallest absolute Gasteiger partial charge is 0.471 e. The summed E-state index contributed by atoms with van der Waals surface area (Å²) in [6.45, 7) is 0.488. The van der Waals surface area contributed by atoms with Gasteiger partial charge in [-0.25, -0.2) is 0 Å². The first-order valence-corrected chi connectivity index (χ1v) is 7.59. The molecule has 0 spiro atoms. The number of benzene rings is 1. The van der Waals surface area contributed by atoms with E-state index in [2.05, 4.69) is 5.32 Å². The van der Waals surface area contributed by atoms with E-state index in [-0.39, 0.29) is 24.9 Å². The second kappa shape index (κ2) is 7.55. The normalized spacial score (nSPS) is 15.9. The predicted molar refractivity (Wildman–Crippen MR) is 80.7 cm³/mol. The Hall–Kier alpha value is -2.25. The zero-order chi connectivity index (χ0) is 17.7. The third-order valence-electron chi connectivity index (χ3n) is 4.05. The quantitative estimate of drug-likeness (QED) is 0.911. The molecule has 1 heterocycles. The van der Waals surface area contributed by atoms with Gasteiger partial charge in [0, 0.05) is 25.2 Å². The highest BCUT2D eigenvalue weighted by Crippen LogP contribution is 2.23. The number of carbonyl (C=O) groups excluding carboxylic acids is 2. The summed E-state index contributed by atoms with van der Waals surface area (Å²) < 4.78 is 42.1. The van der Waals surface area contributed by atoms with Crippen LogP contribution in [0, 0.1) is 5.92 Å². The second-order valence-electron chi connectivity index (χ2n) is 5.67. The van der Waals surface area contributed by atoms with Gasteiger partial charge in [-0.1, -0.05) is 0 Å². The number of nitrogens with zero attached hydrogens (tertiary/aromatic N) is 1. The van der Waals surface area contributed by atoms with Gasteiger partial charge in [0.1, 0.15) is 5.75 Å². The van der Waals surface area contributed by atoms with Gasteiger partial charge in [-0.2, -0.15) is 13.2 Å². The maximum Gasteiger partial charge on any atom is 0.471 e. The van der Waals surface area contributed by atoms with E-state index in [1.165, 1.54) is 7.11 Å². The minimum absolute atomic E-state index is 0.0570. The Kier molecular flexibility index (Phi) is 5.69. The van der Waals surface area contributed by atoms with Crippen molar-refractivity contribution in [3.05, 3.63) is 29.8 Å². The van der Waals surface area contributed by atoms with Crippen LogP contribution in [0.5, 0.6) is 5.75 Å². The van der Waals surface area contributed by atoms with Gasteiger partial charge >= 0.3 is 12.1 Å². The highest BCUT2D eigenvalue weighted by molar-refractivity contribution is 5.94. The lowest BCUT2D eigenvalue weighted by Gasteiger charge is -2.32. The monoisotopic (exact) mass is 344 g/mol. The Morgan fingerprint density at radius 1 is 1.21 bits per heavy atom. The Bertz CT molecular complexity index is 579. The van der Waals surface area contributed by atoms with E-state index < -0.39 is 12.1 Å². The van der Waals surface area contributed by atoms with Crippen LogP contribution in [0.3, 0.4) is 0 Å². The average molecular weight is 344 g/mol. The Balaban J connectivity index is 1.78. The summed E-state index contributed by atoms with van der Waals surface area (Å²) in [5.74, 6) is -1.33. The maximum atomic E-state index is 12.4. The van der Waals surface area contributed by atoms with Gasteiger partial charge in [0.15, 0.2) is 0 Å². The number of alkyl halides is 3. The first-order chi connectivity index (χ1) is 11.3. The largest absolute Gasteiger partial charge is 0.497 e. The van der Waals surface area contributed by atoms with E-state index in [0.29, 0.717) is 30.7 Å². The maximum absolute atomic E-state index is 12.4.